The zero-order chi connectivity index (χ0) is 16.4. The van der Waals surface area contributed by atoms with E-state index in [1.54, 1.807) is 0 Å². The summed E-state index contributed by atoms with van der Waals surface area (Å²) in [5.74, 6) is -0.436. The molecular weight excluding hydrogens is 296 g/mol. The van der Waals surface area contributed by atoms with Crippen molar-refractivity contribution in [1.29, 1.82) is 0 Å². The minimum Gasteiger partial charge on any atom is -0.465 e. The largest absolute Gasteiger partial charge is 0.465 e. The number of aryl methyl sites for hydroxylation is 1. The predicted molar refractivity (Wildman–Crippen MR) is 77.4 cm³/mol. The van der Waals surface area contributed by atoms with Gasteiger partial charge in [0.25, 0.3) is 10.0 Å². The average Bonchev–Trinajstić information content (AvgIpc) is 2.80. The summed E-state index contributed by atoms with van der Waals surface area (Å²) in [5.41, 5.74) is 5.35. The first-order chi connectivity index (χ1) is 9.55. The summed E-state index contributed by atoms with van der Waals surface area (Å²) in [6.07, 6.45) is 0. The van der Waals surface area contributed by atoms with Gasteiger partial charge in [-0.15, -0.1) is 0 Å². The fraction of sp³-hybridized carbons (Fsp3) is 0.615. The molecule has 21 heavy (non-hydrogen) atoms. The lowest BCUT2D eigenvalue weighted by Gasteiger charge is -2.27. The highest BCUT2D eigenvalue weighted by molar-refractivity contribution is 7.89. The van der Waals surface area contributed by atoms with E-state index in [0.29, 0.717) is 6.54 Å². The van der Waals surface area contributed by atoms with Crippen LogP contribution in [0.25, 0.3) is 0 Å². The van der Waals surface area contributed by atoms with Gasteiger partial charge in [0, 0.05) is 19.7 Å². The molecule has 0 aromatic carbocycles. The molecule has 1 rings (SSSR count). The molecule has 0 radical (unpaired) electrons. The molecule has 0 saturated heterocycles. The highest BCUT2D eigenvalue weighted by atomic mass is 32.2. The lowest BCUT2D eigenvalue weighted by molar-refractivity contribution is 0.0599. The summed E-state index contributed by atoms with van der Waals surface area (Å²) in [7, 11) is -1.15. The van der Waals surface area contributed by atoms with Crippen LogP contribution in [-0.2, 0) is 14.8 Å². The van der Waals surface area contributed by atoms with E-state index in [4.69, 9.17) is 10.2 Å². The molecule has 0 aliphatic heterocycles. The third-order valence-electron chi connectivity index (χ3n) is 3.17. The maximum atomic E-state index is 12.4. The van der Waals surface area contributed by atoms with Crippen LogP contribution in [0.1, 0.15) is 30.0 Å². The number of furan rings is 1. The summed E-state index contributed by atoms with van der Waals surface area (Å²) >= 11 is 0. The van der Waals surface area contributed by atoms with Gasteiger partial charge in [0.15, 0.2) is 0 Å². The Labute approximate surface area is 125 Å². The van der Waals surface area contributed by atoms with Gasteiger partial charge in [0.05, 0.1) is 7.11 Å². The smallest absolute Gasteiger partial charge is 0.341 e. The van der Waals surface area contributed by atoms with E-state index in [1.807, 2.05) is 13.8 Å². The number of nitrogens with two attached hydrogens (primary N) is 1. The van der Waals surface area contributed by atoms with Crippen LogP contribution in [0.2, 0.25) is 0 Å². The number of carbonyl (C=O) groups excluding carboxylic acids is 1. The number of rotatable bonds is 6. The Morgan fingerprint density at radius 3 is 2.52 bits per heavy atom. The van der Waals surface area contributed by atoms with Gasteiger partial charge >= 0.3 is 5.97 Å². The molecule has 0 amide bonds. The second-order valence-electron chi connectivity index (χ2n) is 5.66. The van der Waals surface area contributed by atoms with Crippen LogP contribution in [0, 0.1) is 12.3 Å². The third-order valence-corrected chi connectivity index (χ3v) is 4.83. The second kappa shape index (κ2) is 6.17. The molecule has 0 bridgehead atoms. The highest BCUT2D eigenvalue weighted by Gasteiger charge is 2.31. The molecule has 1 aromatic heterocycles. The molecule has 7 nitrogen and oxygen atoms in total. The minimum absolute atomic E-state index is 0.0996. The van der Waals surface area contributed by atoms with Crippen molar-refractivity contribution in [2.24, 2.45) is 11.1 Å². The van der Waals surface area contributed by atoms with E-state index in [2.05, 4.69) is 4.74 Å². The Balaban J connectivity index is 3.11. The highest BCUT2D eigenvalue weighted by Crippen LogP contribution is 2.24. The molecule has 120 valence electrons. The van der Waals surface area contributed by atoms with Crippen molar-refractivity contribution in [3.8, 4) is 0 Å². The number of hydrogen-bond acceptors (Lipinski definition) is 6. The molecule has 1 heterocycles. The molecule has 0 aliphatic carbocycles. The monoisotopic (exact) mass is 318 g/mol. The van der Waals surface area contributed by atoms with E-state index >= 15 is 0 Å². The van der Waals surface area contributed by atoms with Crippen LogP contribution in [0.15, 0.2) is 15.6 Å². The quantitative estimate of drug-likeness (QED) is 0.784. The normalized spacial score (nSPS) is 12.7. The number of nitrogens with zero attached hydrogens (tertiary/aromatic N) is 1. The van der Waals surface area contributed by atoms with Gasteiger partial charge in [-0.1, -0.05) is 13.8 Å². The van der Waals surface area contributed by atoms with Gasteiger partial charge in [0.1, 0.15) is 11.3 Å². The standard InChI is InChI=1S/C13H22N2O5S/c1-9-10(12(16)19-5)6-11(20-9)21(17,18)15(4)8-13(2,3)7-14/h6H,7-8,14H2,1-5H3. The molecule has 0 aliphatic rings. The SMILES string of the molecule is COC(=O)c1cc(S(=O)(=O)N(C)CC(C)(C)CN)oc1C. The molecule has 0 fully saturated rings. The van der Waals surface area contributed by atoms with Crippen molar-refractivity contribution >= 4 is 16.0 Å². The fourth-order valence-electron chi connectivity index (χ4n) is 1.80. The molecule has 0 saturated carbocycles. The van der Waals surface area contributed by atoms with Crippen LogP contribution in [0.3, 0.4) is 0 Å². The molecule has 0 spiro atoms. The van der Waals surface area contributed by atoms with E-state index in [9.17, 15) is 13.2 Å². The van der Waals surface area contributed by atoms with Gasteiger partial charge in [-0.3, -0.25) is 0 Å². The van der Waals surface area contributed by atoms with Crippen LogP contribution in [0.5, 0.6) is 0 Å². The molecular formula is C13H22N2O5S. The van der Waals surface area contributed by atoms with Gasteiger partial charge < -0.3 is 14.9 Å². The maximum absolute atomic E-state index is 12.4. The van der Waals surface area contributed by atoms with Crippen LogP contribution >= 0.6 is 0 Å². The number of ether oxygens (including phenoxy) is 1. The van der Waals surface area contributed by atoms with Crippen LogP contribution in [0.4, 0.5) is 0 Å². The van der Waals surface area contributed by atoms with Crippen molar-refractivity contribution in [2.75, 3.05) is 27.2 Å². The first-order valence-corrected chi connectivity index (χ1v) is 7.84. The summed E-state index contributed by atoms with van der Waals surface area (Å²) in [4.78, 5) is 11.5. The van der Waals surface area contributed by atoms with Crippen molar-refractivity contribution in [2.45, 2.75) is 25.9 Å². The summed E-state index contributed by atoms with van der Waals surface area (Å²) in [6.45, 7) is 5.82. The van der Waals surface area contributed by atoms with Crippen molar-refractivity contribution in [3.63, 3.8) is 0 Å². The molecule has 0 atom stereocenters. The van der Waals surface area contributed by atoms with E-state index in [-0.39, 0.29) is 28.4 Å². The van der Waals surface area contributed by atoms with Crippen LogP contribution < -0.4 is 5.73 Å². The molecule has 0 unspecified atom stereocenters. The summed E-state index contributed by atoms with van der Waals surface area (Å²) < 4.78 is 35.8. The number of hydrogen-bond donors (Lipinski definition) is 1. The van der Waals surface area contributed by atoms with Crippen LogP contribution in [-0.4, -0.2) is 45.9 Å². The van der Waals surface area contributed by atoms with E-state index < -0.39 is 16.0 Å². The van der Waals surface area contributed by atoms with E-state index in [1.165, 1.54) is 31.5 Å². The average molecular weight is 318 g/mol. The number of methoxy groups -OCH3 is 1. The van der Waals surface area contributed by atoms with E-state index in [0.717, 1.165) is 0 Å². The number of carbonyl (C=O) groups is 1. The number of sulfonamides is 1. The lowest BCUT2D eigenvalue weighted by Crippen LogP contribution is -2.39. The lowest BCUT2D eigenvalue weighted by atomic mass is 9.94. The fourth-order valence-corrected chi connectivity index (χ4v) is 3.12. The second-order valence-corrected chi connectivity index (χ2v) is 7.63. The zero-order valence-electron chi connectivity index (χ0n) is 13.0. The van der Waals surface area contributed by atoms with Gasteiger partial charge in [-0.2, -0.15) is 4.31 Å². The Morgan fingerprint density at radius 1 is 1.48 bits per heavy atom. The summed E-state index contributed by atoms with van der Waals surface area (Å²) in [6, 6.07) is 1.18. The Morgan fingerprint density at radius 2 is 2.05 bits per heavy atom. The molecule has 8 heteroatoms. The Kier molecular flexibility index (Phi) is 5.19. The predicted octanol–water partition coefficient (Wildman–Crippen LogP) is 0.980. The van der Waals surface area contributed by atoms with Gasteiger partial charge in [-0.25, -0.2) is 13.2 Å². The molecule has 1 aromatic rings. The zero-order valence-corrected chi connectivity index (χ0v) is 13.8. The maximum Gasteiger partial charge on any atom is 0.341 e. The topological polar surface area (TPSA) is 103 Å². The molecule has 2 N–H and O–H groups in total. The Bertz CT molecular complexity index is 619. The Hall–Kier alpha value is -1.38. The first-order valence-electron chi connectivity index (χ1n) is 6.40. The third kappa shape index (κ3) is 3.84. The minimum atomic E-state index is -3.82. The van der Waals surface area contributed by atoms with Gasteiger partial charge in [0.2, 0.25) is 5.09 Å². The van der Waals surface area contributed by atoms with Crippen molar-refractivity contribution in [1.82, 2.24) is 4.31 Å². The number of esters is 1. The van der Waals surface area contributed by atoms with Crippen molar-refractivity contribution in [3.05, 3.63) is 17.4 Å². The first kappa shape index (κ1) is 17.7. The summed E-state index contributed by atoms with van der Waals surface area (Å²) in [5, 5.41) is -0.282. The van der Waals surface area contributed by atoms with Gasteiger partial charge in [-0.05, 0) is 18.9 Å². The van der Waals surface area contributed by atoms with Crippen molar-refractivity contribution < 1.29 is 22.4 Å².